The molecule has 0 saturated carbocycles. The SMILES string of the molecule is COc1ccc(C2(CCCCCl)OC(C)C(C)O2)cc1. The highest BCUT2D eigenvalue weighted by molar-refractivity contribution is 6.17. The van der Waals surface area contributed by atoms with Crippen LogP contribution in [-0.2, 0) is 15.3 Å². The van der Waals surface area contributed by atoms with Gasteiger partial charge in [-0.2, -0.15) is 0 Å². The molecule has 0 aliphatic carbocycles. The van der Waals surface area contributed by atoms with E-state index in [9.17, 15) is 0 Å². The van der Waals surface area contributed by atoms with E-state index < -0.39 is 5.79 Å². The van der Waals surface area contributed by atoms with E-state index in [4.69, 9.17) is 25.8 Å². The quantitative estimate of drug-likeness (QED) is 0.585. The molecule has 1 fully saturated rings. The monoisotopic (exact) mass is 298 g/mol. The van der Waals surface area contributed by atoms with Crippen LogP contribution in [0.1, 0.15) is 38.7 Å². The molecule has 0 amide bonds. The Labute approximate surface area is 126 Å². The molecular formula is C16H23ClO3. The first-order valence-corrected chi connectivity index (χ1v) is 7.71. The molecule has 0 bridgehead atoms. The molecule has 112 valence electrons. The minimum atomic E-state index is -0.642. The van der Waals surface area contributed by atoms with E-state index in [0.717, 1.165) is 30.6 Å². The summed E-state index contributed by atoms with van der Waals surface area (Å²) in [6, 6.07) is 7.92. The normalized spacial score (nSPS) is 29.6. The third-order valence-electron chi connectivity index (χ3n) is 3.83. The Bertz CT molecular complexity index is 408. The summed E-state index contributed by atoms with van der Waals surface area (Å²) in [5.74, 6) is 0.866. The molecule has 1 aromatic rings. The van der Waals surface area contributed by atoms with Gasteiger partial charge in [-0.15, -0.1) is 11.6 Å². The lowest BCUT2D eigenvalue weighted by Gasteiger charge is -2.29. The van der Waals surface area contributed by atoms with Crippen LogP contribution < -0.4 is 4.74 Å². The second kappa shape index (κ2) is 6.79. The predicted molar refractivity (Wildman–Crippen MR) is 80.3 cm³/mol. The summed E-state index contributed by atoms with van der Waals surface area (Å²) < 4.78 is 17.5. The fourth-order valence-electron chi connectivity index (χ4n) is 2.52. The molecule has 1 heterocycles. The molecule has 1 aliphatic rings. The molecule has 0 spiro atoms. The van der Waals surface area contributed by atoms with Crippen molar-refractivity contribution in [1.29, 1.82) is 0 Å². The van der Waals surface area contributed by atoms with Crippen molar-refractivity contribution >= 4 is 11.6 Å². The largest absolute Gasteiger partial charge is 0.497 e. The maximum atomic E-state index is 6.16. The first kappa shape index (κ1) is 15.6. The molecule has 20 heavy (non-hydrogen) atoms. The standard InChI is InChI=1S/C16H23ClO3/c1-12-13(2)20-16(19-12,10-4-5-11-17)14-6-8-15(18-3)9-7-14/h6-9,12-13H,4-5,10-11H2,1-3H3. The van der Waals surface area contributed by atoms with Crippen LogP contribution in [0, 0.1) is 0 Å². The maximum Gasteiger partial charge on any atom is 0.195 e. The van der Waals surface area contributed by atoms with E-state index in [0.29, 0.717) is 5.88 Å². The van der Waals surface area contributed by atoms with Crippen LogP contribution in [-0.4, -0.2) is 25.2 Å². The Morgan fingerprint density at radius 2 is 1.70 bits per heavy atom. The fourth-order valence-corrected chi connectivity index (χ4v) is 2.70. The van der Waals surface area contributed by atoms with Gasteiger partial charge in [0.05, 0.1) is 19.3 Å². The van der Waals surface area contributed by atoms with Crippen molar-refractivity contribution in [2.45, 2.75) is 51.1 Å². The van der Waals surface area contributed by atoms with E-state index in [1.165, 1.54) is 0 Å². The highest BCUT2D eigenvalue weighted by atomic mass is 35.5. The molecule has 2 rings (SSSR count). The Morgan fingerprint density at radius 3 is 2.20 bits per heavy atom. The van der Waals surface area contributed by atoms with Crippen LogP contribution in [0.2, 0.25) is 0 Å². The first-order chi connectivity index (χ1) is 9.61. The summed E-state index contributed by atoms with van der Waals surface area (Å²) in [5, 5.41) is 0. The van der Waals surface area contributed by atoms with Gasteiger partial charge in [-0.3, -0.25) is 0 Å². The van der Waals surface area contributed by atoms with Crippen molar-refractivity contribution in [2.24, 2.45) is 0 Å². The van der Waals surface area contributed by atoms with Gasteiger partial charge >= 0.3 is 0 Å². The van der Waals surface area contributed by atoms with Gasteiger partial charge in [0.2, 0.25) is 0 Å². The highest BCUT2D eigenvalue weighted by Gasteiger charge is 2.44. The smallest absolute Gasteiger partial charge is 0.195 e. The number of ether oxygens (including phenoxy) is 3. The van der Waals surface area contributed by atoms with E-state index in [1.54, 1.807) is 7.11 Å². The minimum absolute atomic E-state index is 0.0908. The molecule has 2 unspecified atom stereocenters. The molecule has 0 radical (unpaired) electrons. The average molecular weight is 299 g/mol. The summed E-state index contributed by atoms with van der Waals surface area (Å²) in [7, 11) is 1.66. The van der Waals surface area contributed by atoms with Crippen LogP contribution >= 0.6 is 11.6 Å². The number of alkyl halides is 1. The van der Waals surface area contributed by atoms with Gasteiger partial charge < -0.3 is 14.2 Å². The van der Waals surface area contributed by atoms with Crippen molar-refractivity contribution in [1.82, 2.24) is 0 Å². The van der Waals surface area contributed by atoms with Gasteiger partial charge in [0.25, 0.3) is 0 Å². The van der Waals surface area contributed by atoms with Gasteiger partial charge in [-0.25, -0.2) is 0 Å². The summed E-state index contributed by atoms with van der Waals surface area (Å²) in [4.78, 5) is 0. The Hall–Kier alpha value is -0.770. The molecule has 1 saturated heterocycles. The zero-order valence-electron chi connectivity index (χ0n) is 12.4. The predicted octanol–water partition coefficient (Wildman–Crippen LogP) is 4.08. The van der Waals surface area contributed by atoms with Crippen molar-refractivity contribution in [3.63, 3.8) is 0 Å². The third kappa shape index (κ3) is 3.27. The van der Waals surface area contributed by atoms with Crippen LogP contribution in [0.15, 0.2) is 24.3 Å². The van der Waals surface area contributed by atoms with Gasteiger partial charge in [0.15, 0.2) is 5.79 Å². The lowest BCUT2D eigenvalue weighted by atomic mass is 9.99. The van der Waals surface area contributed by atoms with E-state index >= 15 is 0 Å². The van der Waals surface area contributed by atoms with Crippen LogP contribution in [0.25, 0.3) is 0 Å². The van der Waals surface area contributed by atoms with E-state index in [-0.39, 0.29) is 12.2 Å². The van der Waals surface area contributed by atoms with E-state index in [1.807, 2.05) is 24.3 Å². The van der Waals surface area contributed by atoms with Crippen molar-refractivity contribution in [2.75, 3.05) is 13.0 Å². The molecule has 0 N–H and O–H groups in total. The average Bonchev–Trinajstić information content (AvgIpc) is 2.75. The number of hydrogen-bond donors (Lipinski definition) is 0. The Kier molecular flexibility index (Phi) is 5.30. The van der Waals surface area contributed by atoms with Gasteiger partial charge in [0.1, 0.15) is 5.75 Å². The van der Waals surface area contributed by atoms with Gasteiger partial charge in [-0.1, -0.05) is 0 Å². The summed E-state index contributed by atoms with van der Waals surface area (Å²) in [6.07, 6.45) is 2.95. The Morgan fingerprint density at radius 1 is 1.10 bits per heavy atom. The molecule has 4 heteroatoms. The van der Waals surface area contributed by atoms with E-state index in [2.05, 4.69) is 13.8 Å². The van der Waals surface area contributed by atoms with Crippen molar-refractivity contribution in [3.8, 4) is 5.75 Å². The summed E-state index contributed by atoms with van der Waals surface area (Å²) in [5.41, 5.74) is 1.05. The molecular weight excluding hydrogens is 276 g/mol. The van der Waals surface area contributed by atoms with Crippen LogP contribution in [0.4, 0.5) is 0 Å². The number of halogens is 1. The zero-order chi connectivity index (χ0) is 14.6. The number of rotatable bonds is 6. The maximum absolute atomic E-state index is 6.16. The lowest BCUT2D eigenvalue weighted by Crippen LogP contribution is -2.28. The number of benzene rings is 1. The zero-order valence-corrected chi connectivity index (χ0v) is 13.2. The van der Waals surface area contributed by atoms with Gasteiger partial charge in [0, 0.05) is 17.9 Å². The fraction of sp³-hybridized carbons (Fsp3) is 0.625. The number of methoxy groups -OCH3 is 1. The second-order valence-corrected chi connectivity index (χ2v) is 5.65. The van der Waals surface area contributed by atoms with Crippen LogP contribution in [0.3, 0.4) is 0 Å². The molecule has 0 aromatic heterocycles. The van der Waals surface area contributed by atoms with Crippen LogP contribution in [0.5, 0.6) is 5.75 Å². The molecule has 2 atom stereocenters. The molecule has 1 aromatic carbocycles. The third-order valence-corrected chi connectivity index (χ3v) is 4.10. The number of hydrogen-bond acceptors (Lipinski definition) is 3. The number of unbranched alkanes of at least 4 members (excludes halogenated alkanes) is 1. The highest BCUT2D eigenvalue weighted by Crippen LogP contribution is 2.41. The first-order valence-electron chi connectivity index (χ1n) is 7.17. The molecule has 3 nitrogen and oxygen atoms in total. The van der Waals surface area contributed by atoms with Gasteiger partial charge in [-0.05, 0) is 51.0 Å². The van der Waals surface area contributed by atoms with Crippen molar-refractivity contribution < 1.29 is 14.2 Å². The Balaban J connectivity index is 2.21. The minimum Gasteiger partial charge on any atom is -0.497 e. The topological polar surface area (TPSA) is 27.7 Å². The summed E-state index contributed by atoms with van der Waals surface area (Å²) >= 11 is 5.78. The van der Waals surface area contributed by atoms with Crippen molar-refractivity contribution in [3.05, 3.63) is 29.8 Å². The summed E-state index contributed by atoms with van der Waals surface area (Å²) in [6.45, 7) is 4.11. The second-order valence-electron chi connectivity index (χ2n) is 5.27. The molecule has 1 aliphatic heterocycles. The lowest BCUT2D eigenvalue weighted by molar-refractivity contribution is -0.187.